The zero-order valence-electron chi connectivity index (χ0n) is 15.2. The summed E-state index contributed by atoms with van der Waals surface area (Å²) in [5.74, 6) is -2.91. The summed E-state index contributed by atoms with van der Waals surface area (Å²) in [7, 11) is 0. The zero-order chi connectivity index (χ0) is 20.5. The van der Waals surface area contributed by atoms with Gasteiger partial charge in [0.25, 0.3) is 0 Å². The summed E-state index contributed by atoms with van der Waals surface area (Å²) in [6.45, 7) is 4.83. The first-order valence-corrected chi connectivity index (χ1v) is 8.43. The van der Waals surface area contributed by atoms with E-state index in [4.69, 9.17) is 4.74 Å². The number of benzene rings is 1. The van der Waals surface area contributed by atoms with Gasteiger partial charge in [0.05, 0.1) is 0 Å². The van der Waals surface area contributed by atoms with Crippen molar-refractivity contribution in [2.75, 3.05) is 0 Å². The van der Waals surface area contributed by atoms with E-state index in [1.165, 1.54) is 6.07 Å². The van der Waals surface area contributed by atoms with E-state index in [1.807, 2.05) is 0 Å². The second-order valence-electron chi connectivity index (χ2n) is 7.33. The van der Waals surface area contributed by atoms with Gasteiger partial charge in [-0.1, -0.05) is 12.1 Å². The third-order valence-corrected chi connectivity index (χ3v) is 4.04. The Balaban J connectivity index is 2.48. The molecule has 0 spiro atoms. The Morgan fingerprint density at radius 1 is 1.19 bits per heavy atom. The van der Waals surface area contributed by atoms with Crippen LogP contribution in [0, 0.1) is 5.82 Å². The van der Waals surface area contributed by atoms with Gasteiger partial charge in [0.15, 0.2) is 17.3 Å². The minimum Gasteiger partial charge on any atom is -0.444 e. The Labute approximate surface area is 154 Å². The summed E-state index contributed by atoms with van der Waals surface area (Å²) in [5.41, 5.74) is -3.06. The fourth-order valence-electron chi connectivity index (χ4n) is 3.03. The van der Waals surface area contributed by atoms with E-state index in [0.29, 0.717) is 12.8 Å². The van der Waals surface area contributed by atoms with E-state index in [0.717, 1.165) is 12.1 Å². The van der Waals surface area contributed by atoms with Crippen molar-refractivity contribution >= 4 is 11.9 Å². The van der Waals surface area contributed by atoms with Crippen LogP contribution in [0.5, 0.6) is 5.75 Å². The topological polar surface area (TPSA) is 64.6 Å². The second-order valence-corrected chi connectivity index (χ2v) is 7.33. The normalized spacial score (nSPS) is 20.9. The molecule has 0 saturated heterocycles. The van der Waals surface area contributed by atoms with Gasteiger partial charge in [0, 0.05) is 12.0 Å². The average Bonchev–Trinajstić information content (AvgIpc) is 2.48. The number of hydrogen-bond acceptors (Lipinski definition) is 4. The summed E-state index contributed by atoms with van der Waals surface area (Å²) in [5, 5.41) is 2.40. The molecule has 0 radical (unpaired) electrons. The molecule has 1 saturated carbocycles. The quantitative estimate of drug-likeness (QED) is 0.766. The lowest BCUT2D eigenvalue weighted by Crippen LogP contribution is -2.54. The molecule has 150 valence electrons. The largest absolute Gasteiger partial charge is 0.573 e. The molecule has 5 nitrogen and oxygen atoms in total. The Kier molecular flexibility index (Phi) is 5.72. The van der Waals surface area contributed by atoms with Crippen LogP contribution in [-0.2, 0) is 15.1 Å². The molecule has 1 atom stereocenters. The van der Waals surface area contributed by atoms with Crippen molar-refractivity contribution in [3.63, 3.8) is 0 Å². The first-order chi connectivity index (χ1) is 12.3. The first kappa shape index (κ1) is 21.0. The number of Topliss-reactive ketones (excluding diaryl/α,β-unsaturated/α-hetero) is 1. The maximum absolute atomic E-state index is 14.8. The molecule has 1 N–H and O–H groups in total. The lowest BCUT2D eigenvalue weighted by Gasteiger charge is -2.37. The highest BCUT2D eigenvalue weighted by Crippen LogP contribution is 2.39. The van der Waals surface area contributed by atoms with E-state index in [-0.39, 0.29) is 18.4 Å². The van der Waals surface area contributed by atoms with Crippen LogP contribution in [0.2, 0.25) is 0 Å². The summed E-state index contributed by atoms with van der Waals surface area (Å²) in [4.78, 5) is 24.9. The van der Waals surface area contributed by atoms with Crippen LogP contribution < -0.4 is 10.1 Å². The van der Waals surface area contributed by atoms with Gasteiger partial charge in [-0.2, -0.15) is 0 Å². The molecule has 1 aliphatic carbocycles. The summed E-state index contributed by atoms with van der Waals surface area (Å²) >= 11 is 0. The van der Waals surface area contributed by atoms with Gasteiger partial charge in [-0.25, -0.2) is 9.18 Å². The third-order valence-electron chi connectivity index (χ3n) is 4.04. The van der Waals surface area contributed by atoms with E-state index in [2.05, 4.69) is 10.1 Å². The van der Waals surface area contributed by atoms with Crippen LogP contribution in [0.1, 0.15) is 52.0 Å². The minimum absolute atomic E-state index is 0.0392. The maximum Gasteiger partial charge on any atom is 0.573 e. The lowest BCUT2D eigenvalue weighted by atomic mass is 9.75. The van der Waals surface area contributed by atoms with Crippen LogP contribution in [0.25, 0.3) is 0 Å². The van der Waals surface area contributed by atoms with Crippen molar-refractivity contribution < 1.29 is 36.6 Å². The predicted molar refractivity (Wildman–Crippen MR) is 87.6 cm³/mol. The summed E-state index contributed by atoms with van der Waals surface area (Å²) < 4.78 is 61.2. The number of carbonyl (C=O) groups excluding carboxylic acids is 2. The molecule has 2 rings (SSSR count). The fraction of sp³-hybridized carbons (Fsp3) is 0.556. The van der Waals surface area contributed by atoms with Crippen molar-refractivity contribution in [2.45, 2.75) is 64.0 Å². The number of amides is 1. The Bertz CT molecular complexity index is 727. The maximum atomic E-state index is 14.8. The van der Waals surface area contributed by atoms with E-state index in [1.54, 1.807) is 20.8 Å². The van der Waals surface area contributed by atoms with Crippen molar-refractivity contribution in [3.05, 3.63) is 29.6 Å². The zero-order valence-corrected chi connectivity index (χ0v) is 15.2. The number of ether oxygens (including phenoxy) is 2. The van der Waals surface area contributed by atoms with Gasteiger partial charge >= 0.3 is 12.5 Å². The van der Waals surface area contributed by atoms with Gasteiger partial charge in [-0.05, 0) is 46.1 Å². The monoisotopic (exact) mass is 391 g/mol. The third kappa shape index (κ3) is 5.11. The number of nitrogens with one attached hydrogen (secondary N) is 1. The van der Waals surface area contributed by atoms with Crippen molar-refractivity contribution in [1.82, 2.24) is 5.32 Å². The van der Waals surface area contributed by atoms with Crippen LogP contribution in [0.15, 0.2) is 18.2 Å². The Hall–Kier alpha value is -2.32. The highest BCUT2D eigenvalue weighted by atomic mass is 19.4. The van der Waals surface area contributed by atoms with Gasteiger partial charge < -0.3 is 14.8 Å². The smallest absolute Gasteiger partial charge is 0.444 e. The van der Waals surface area contributed by atoms with Crippen LogP contribution in [0.3, 0.4) is 0 Å². The molecule has 1 fully saturated rings. The molecular formula is C18H21F4NO4. The van der Waals surface area contributed by atoms with Gasteiger partial charge in [0.2, 0.25) is 0 Å². The first-order valence-electron chi connectivity index (χ1n) is 8.43. The second kappa shape index (κ2) is 7.36. The molecule has 0 heterocycles. The van der Waals surface area contributed by atoms with Gasteiger partial charge in [-0.15, -0.1) is 13.2 Å². The highest BCUT2D eigenvalue weighted by Gasteiger charge is 2.46. The number of hydrogen-bond donors (Lipinski definition) is 1. The predicted octanol–water partition coefficient (Wildman–Crippen LogP) is 4.59. The van der Waals surface area contributed by atoms with E-state index < -0.39 is 40.9 Å². The molecule has 1 aliphatic rings. The molecule has 27 heavy (non-hydrogen) atoms. The minimum atomic E-state index is -5.10. The molecule has 1 amide bonds. The molecule has 0 aliphatic heterocycles. The molecular weight excluding hydrogens is 370 g/mol. The lowest BCUT2D eigenvalue weighted by molar-refractivity contribution is -0.275. The molecule has 1 aromatic rings. The highest BCUT2D eigenvalue weighted by molar-refractivity contribution is 5.93. The number of halogens is 4. The molecule has 0 unspecified atom stereocenters. The van der Waals surface area contributed by atoms with Gasteiger partial charge in [-0.3, -0.25) is 4.79 Å². The number of carbonyl (C=O) groups is 2. The molecule has 9 heteroatoms. The van der Waals surface area contributed by atoms with E-state index in [9.17, 15) is 27.2 Å². The standard InChI is InChI=1S/C18H21F4NO4/c1-16(2,3)27-15(25)23-17(10-5-4-9-13(17)24)11-7-6-8-12(14(11)19)26-18(20,21)22/h6-8H,4-5,9-10H2,1-3H3,(H,23,25)/t17-/m0/s1. The fourth-order valence-corrected chi connectivity index (χ4v) is 3.03. The number of ketones is 1. The SMILES string of the molecule is CC(C)(C)OC(=O)N[C@]1(c2cccc(OC(F)(F)F)c2F)CCCCC1=O. The number of alkyl carbamates (subject to hydrolysis) is 1. The van der Waals surface area contributed by atoms with Crippen molar-refractivity contribution in [1.29, 1.82) is 0 Å². The average molecular weight is 391 g/mol. The van der Waals surface area contributed by atoms with E-state index >= 15 is 0 Å². The number of alkyl halides is 3. The van der Waals surface area contributed by atoms with Crippen LogP contribution in [-0.4, -0.2) is 23.8 Å². The summed E-state index contributed by atoms with van der Waals surface area (Å²) in [6.07, 6.45) is -4.94. The molecule has 1 aromatic carbocycles. The number of rotatable bonds is 3. The Morgan fingerprint density at radius 3 is 2.41 bits per heavy atom. The van der Waals surface area contributed by atoms with Crippen molar-refractivity contribution in [3.8, 4) is 5.75 Å². The van der Waals surface area contributed by atoms with Gasteiger partial charge in [0.1, 0.15) is 11.1 Å². The molecule has 0 aromatic heterocycles. The summed E-state index contributed by atoms with van der Waals surface area (Å²) in [6, 6.07) is 3.11. The van der Waals surface area contributed by atoms with Crippen molar-refractivity contribution in [2.24, 2.45) is 0 Å². The molecule has 0 bridgehead atoms. The van der Waals surface area contributed by atoms with Crippen LogP contribution in [0.4, 0.5) is 22.4 Å². The van der Waals surface area contributed by atoms with Crippen LogP contribution >= 0.6 is 0 Å². The Morgan fingerprint density at radius 2 is 1.85 bits per heavy atom.